The van der Waals surface area contributed by atoms with Crippen LogP contribution in [0.5, 0.6) is 5.75 Å². The molecule has 0 unspecified atom stereocenters. The van der Waals surface area contributed by atoms with Crippen LogP contribution in [0.15, 0.2) is 48.5 Å². The summed E-state index contributed by atoms with van der Waals surface area (Å²) in [4.78, 5) is 0. The lowest BCUT2D eigenvalue weighted by Crippen LogP contribution is -2.15. The highest BCUT2D eigenvalue weighted by Crippen LogP contribution is 2.53. The predicted octanol–water partition coefficient (Wildman–Crippen LogP) is 3.59. The van der Waals surface area contributed by atoms with E-state index in [9.17, 15) is 0 Å². The van der Waals surface area contributed by atoms with E-state index in [4.69, 9.17) is 21.4 Å². The van der Waals surface area contributed by atoms with E-state index in [0.717, 1.165) is 30.1 Å². The summed E-state index contributed by atoms with van der Waals surface area (Å²) in [5, 5.41) is 18.3. The van der Waals surface area contributed by atoms with Gasteiger partial charge in [0.15, 0.2) is 5.82 Å². The average Bonchev–Trinajstić information content (AvgIpc) is 3.38. The molecule has 0 saturated heterocycles. The topological polar surface area (TPSA) is 60.2 Å². The van der Waals surface area contributed by atoms with E-state index in [-0.39, 0.29) is 18.6 Å². The lowest BCUT2D eigenvalue weighted by Gasteiger charge is -2.15. The molecule has 0 spiro atoms. The van der Waals surface area contributed by atoms with Gasteiger partial charge in [-0.3, -0.25) is 0 Å². The molecule has 3 aromatic rings. The largest absolute Gasteiger partial charge is 0.491 e. The van der Waals surface area contributed by atoms with Gasteiger partial charge in [0.1, 0.15) is 18.2 Å². The van der Waals surface area contributed by atoms with Gasteiger partial charge < -0.3 is 14.4 Å². The van der Waals surface area contributed by atoms with Crippen LogP contribution in [-0.2, 0) is 12.5 Å². The second-order valence-corrected chi connectivity index (χ2v) is 6.98. The second-order valence-electron chi connectivity index (χ2n) is 6.57. The molecule has 0 atom stereocenters. The molecule has 1 aromatic heterocycles. The van der Waals surface area contributed by atoms with Crippen molar-refractivity contribution in [2.75, 3.05) is 13.2 Å². The first-order chi connectivity index (χ1) is 12.7. The maximum atomic E-state index is 8.87. The van der Waals surface area contributed by atoms with Crippen molar-refractivity contribution in [3.05, 3.63) is 64.9 Å². The Morgan fingerprint density at radius 2 is 1.92 bits per heavy atom. The molecule has 26 heavy (non-hydrogen) atoms. The summed E-state index contributed by atoms with van der Waals surface area (Å²) < 4.78 is 7.44. The Kier molecular flexibility index (Phi) is 4.42. The van der Waals surface area contributed by atoms with Crippen molar-refractivity contribution < 1.29 is 9.84 Å². The number of aliphatic hydroxyl groups excluding tert-OH is 1. The first-order valence-electron chi connectivity index (χ1n) is 8.65. The summed E-state index contributed by atoms with van der Waals surface area (Å²) in [6.07, 6.45) is 2.15. The number of ether oxygens (including phenoxy) is 1. The molecule has 4 rings (SSSR count). The van der Waals surface area contributed by atoms with Crippen LogP contribution in [0.1, 0.15) is 24.2 Å². The van der Waals surface area contributed by atoms with Crippen molar-refractivity contribution in [1.29, 1.82) is 0 Å². The van der Waals surface area contributed by atoms with Gasteiger partial charge in [-0.25, -0.2) is 0 Å². The lowest BCUT2D eigenvalue weighted by molar-refractivity contribution is 0.201. The number of hydrogen-bond donors (Lipinski definition) is 1. The van der Waals surface area contributed by atoms with Gasteiger partial charge in [-0.1, -0.05) is 41.9 Å². The van der Waals surface area contributed by atoms with Crippen LogP contribution in [0.25, 0.3) is 11.4 Å². The fourth-order valence-corrected chi connectivity index (χ4v) is 3.69. The third-order valence-corrected chi connectivity index (χ3v) is 5.23. The van der Waals surface area contributed by atoms with Gasteiger partial charge in [0.05, 0.1) is 17.0 Å². The summed E-state index contributed by atoms with van der Waals surface area (Å²) >= 11 is 6.45. The molecular formula is C20H20ClN3O2. The summed E-state index contributed by atoms with van der Waals surface area (Å²) in [6, 6.07) is 15.9. The Morgan fingerprint density at radius 3 is 2.58 bits per heavy atom. The highest BCUT2D eigenvalue weighted by Gasteiger charge is 2.49. The monoisotopic (exact) mass is 369 g/mol. The zero-order valence-electron chi connectivity index (χ0n) is 14.5. The highest BCUT2D eigenvalue weighted by molar-refractivity contribution is 6.33. The van der Waals surface area contributed by atoms with Crippen LogP contribution in [0, 0.1) is 0 Å². The highest BCUT2D eigenvalue weighted by atomic mass is 35.5. The first kappa shape index (κ1) is 17.1. The normalized spacial score (nSPS) is 15.0. The van der Waals surface area contributed by atoms with Crippen LogP contribution >= 0.6 is 11.6 Å². The first-order valence-corrected chi connectivity index (χ1v) is 9.02. The Hall–Kier alpha value is -2.37. The summed E-state index contributed by atoms with van der Waals surface area (Å²) in [5.74, 6) is 2.33. The van der Waals surface area contributed by atoms with Gasteiger partial charge in [-0.2, -0.15) is 0 Å². The second kappa shape index (κ2) is 6.74. The van der Waals surface area contributed by atoms with Crippen LogP contribution < -0.4 is 4.74 Å². The minimum absolute atomic E-state index is 0.0341. The van der Waals surface area contributed by atoms with E-state index in [2.05, 4.69) is 34.5 Å². The molecule has 1 saturated carbocycles. The van der Waals surface area contributed by atoms with Gasteiger partial charge in [0, 0.05) is 12.6 Å². The van der Waals surface area contributed by atoms with Crippen LogP contribution in [-0.4, -0.2) is 33.1 Å². The molecular weight excluding hydrogens is 350 g/mol. The summed E-state index contributed by atoms with van der Waals surface area (Å²) in [6.45, 7) is 0.205. The fraction of sp³-hybridized carbons (Fsp3) is 0.300. The molecule has 2 aromatic carbocycles. The predicted molar refractivity (Wildman–Crippen MR) is 100 cm³/mol. The third-order valence-electron chi connectivity index (χ3n) is 4.92. The zero-order valence-corrected chi connectivity index (χ0v) is 15.3. The SMILES string of the molecule is Cn1c(-c2ccc(OCCO)cc2Cl)nnc1C1(c2ccccc2)CC1. The number of rotatable bonds is 6. The number of hydrogen-bond acceptors (Lipinski definition) is 4. The Bertz CT molecular complexity index is 920. The lowest BCUT2D eigenvalue weighted by atomic mass is 9.95. The van der Waals surface area contributed by atoms with E-state index < -0.39 is 0 Å². The molecule has 1 heterocycles. The Labute approximate surface area is 157 Å². The Balaban J connectivity index is 1.69. The van der Waals surface area contributed by atoms with Crippen molar-refractivity contribution in [3.8, 4) is 17.1 Å². The standard InChI is InChI=1S/C20H20ClN3O2/c1-24-18(16-8-7-15(13-17(16)21)26-12-11-25)22-23-19(24)20(9-10-20)14-5-3-2-4-6-14/h2-8,13,25H,9-12H2,1H3. The molecule has 5 nitrogen and oxygen atoms in total. The van der Waals surface area contributed by atoms with Gasteiger partial charge in [0.25, 0.3) is 0 Å². The number of halogens is 1. The quantitative estimate of drug-likeness (QED) is 0.721. The number of aliphatic hydroxyl groups is 1. The van der Waals surface area contributed by atoms with Gasteiger partial charge in [0.2, 0.25) is 0 Å². The van der Waals surface area contributed by atoms with Crippen molar-refractivity contribution >= 4 is 11.6 Å². The third kappa shape index (κ3) is 2.87. The smallest absolute Gasteiger partial charge is 0.165 e. The van der Waals surface area contributed by atoms with Gasteiger partial charge in [-0.05, 0) is 36.6 Å². The maximum absolute atomic E-state index is 8.87. The van der Waals surface area contributed by atoms with E-state index >= 15 is 0 Å². The molecule has 0 amide bonds. The number of aromatic nitrogens is 3. The van der Waals surface area contributed by atoms with Crippen molar-refractivity contribution in [2.24, 2.45) is 7.05 Å². The van der Waals surface area contributed by atoms with Crippen LogP contribution in [0.4, 0.5) is 0 Å². The fourth-order valence-electron chi connectivity index (χ4n) is 3.43. The minimum Gasteiger partial charge on any atom is -0.491 e. The molecule has 1 fully saturated rings. The molecule has 0 radical (unpaired) electrons. The summed E-state index contributed by atoms with van der Waals surface area (Å²) in [5.41, 5.74) is 2.05. The number of nitrogens with zero attached hydrogens (tertiary/aromatic N) is 3. The zero-order chi connectivity index (χ0) is 18.1. The molecule has 0 aliphatic heterocycles. The van der Waals surface area contributed by atoms with E-state index in [0.29, 0.717) is 10.8 Å². The Morgan fingerprint density at radius 1 is 1.15 bits per heavy atom. The van der Waals surface area contributed by atoms with Crippen LogP contribution in [0.3, 0.4) is 0 Å². The number of benzene rings is 2. The van der Waals surface area contributed by atoms with Crippen LogP contribution in [0.2, 0.25) is 5.02 Å². The molecule has 1 N–H and O–H groups in total. The van der Waals surface area contributed by atoms with Crippen molar-refractivity contribution in [2.45, 2.75) is 18.3 Å². The molecule has 134 valence electrons. The maximum Gasteiger partial charge on any atom is 0.165 e. The minimum atomic E-state index is -0.0437. The molecule has 6 heteroatoms. The van der Waals surface area contributed by atoms with E-state index in [1.807, 2.05) is 29.8 Å². The molecule has 1 aliphatic rings. The summed E-state index contributed by atoms with van der Waals surface area (Å²) in [7, 11) is 1.99. The van der Waals surface area contributed by atoms with Gasteiger partial charge >= 0.3 is 0 Å². The molecule has 1 aliphatic carbocycles. The van der Waals surface area contributed by atoms with Crippen molar-refractivity contribution in [3.63, 3.8) is 0 Å². The molecule has 0 bridgehead atoms. The average molecular weight is 370 g/mol. The van der Waals surface area contributed by atoms with E-state index in [1.54, 1.807) is 6.07 Å². The van der Waals surface area contributed by atoms with E-state index in [1.165, 1.54) is 5.56 Å². The van der Waals surface area contributed by atoms with Gasteiger partial charge in [-0.15, -0.1) is 10.2 Å². The van der Waals surface area contributed by atoms with Crippen molar-refractivity contribution in [1.82, 2.24) is 14.8 Å².